The lowest BCUT2D eigenvalue weighted by molar-refractivity contribution is 0.467. The first kappa shape index (κ1) is 10.5. The maximum absolute atomic E-state index is 5.20. The van der Waals surface area contributed by atoms with Crippen LogP contribution in [0.2, 0.25) is 0 Å². The highest BCUT2D eigenvalue weighted by Gasteiger charge is 2.11. The molecule has 0 aliphatic carbocycles. The normalized spacial score (nSPS) is 10.6. The Bertz CT molecular complexity index is 633. The largest absolute Gasteiger partial charge is 0.410 e. The molecule has 2 aromatic heterocycles. The van der Waals surface area contributed by atoms with Gasteiger partial charge in [0.2, 0.25) is 0 Å². The van der Waals surface area contributed by atoms with Gasteiger partial charge in [-0.25, -0.2) is 4.98 Å². The van der Waals surface area contributed by atoms with E-state index in [-0.39, 0.29) is 5.22 Å². The van der Waals surface area contributed by atoms with Crippen LogP contribution in [-0.4, -0.2) is 15.2 Å². The van der Waals surface area contributed by atoms with Crippen LogP contribution in [0.4, 0.5) is 0 Å². The summed E-state index contributed by atoms with van der Waals surface area (Å²) < 4.78 is 5.20. The molecule has 0 atom stereocenters. The van der Waals surface area contributed by atoms with Gasteiger partial charge in [-0.2, -0.15) is 0 Å². The Morgan fingerprint density at radius 1 is 1.12 bits per heavy atom. The Morgan fingerprint density at radius 3 is 2.65 bits per heavy atom. The Kier molecular flexibility index (Phi) is 2.66. The van der Waals surface area contributed by atoms with E-state index >= 15 is 0 Å². The Balaban J connectivity index is 1.99. The number of rotatable bonds is 2. The maximum atomic E-state index is 5.20. The van der Waals surface area contributed by atoms with Gasteiger partial charge in [-0.3, -0.25) is 0 Å². The molecule has 0 amide bonds. The molecule has 2 heterocycles. The fraction of sp³-hybridized carbons (Fsp3) is 0. The van der Waals surface area contributed by atoms with E-state index in [2.05, 4.69) is 27.8 Å². The third-order valence-corrected chi connectivity index (χ3v) is 3.23. The van der Waals surface area contributed by atoms with Crippen molar-refractivity contribution in [2.24, 2.45) is 0 Å². The van der Waals surface area contributed by atoms with Crippen LogP contribution >= 0.6 is 24.0 Å². The molecule has 6 heteroatoms. The summed E-state index contributed by atoms with van der Waals surface area (Å²) in [6.07, 6.45) is 0. The van der Waals surface area contributed by atoms with Gasteiger partial charge in [0, 0.05) is 10.9 Å². The van der Waals surface area contributed by atoms with E-state index in [1.807, 2.05) is 35.7 Å². The summed E-state index contributed by atoms with van der Waals surface area (Å²) in [6, 6.07) is 9.97. The molecule has 3 rings (SSSR count). The zero-order chi connectivity index (χ0) is 11.7. The van der Waals surface area contributed by atoms with Gasteiger partial charge < -0.3 is 4.42 Å². The van der Waals surface area contributed by atoms with Crippen molar-refractivity contribution >= 4 is 24.0 Å². The molecule has 0 aliphatic heterocycles. The summed E-state index contributed by atoms with van der Waals surface area (Å²) in [5.41, 5.74) is 1.76. The van der Waals surface area contributed by atoms with E-state index in [1.54, 1.807) is 11.3 Å². The van der Waals surface area contributed by atoms with Crippen LogP contribution in [-0.2, 0) is 0 Å². The van der Waals surface area contributed by atoms with Crippen molar-refractivity contribution in [3.8, 4) is 22.2 Å². The zero-order valence-corrected chi connectivity index (χ0v) is 10.3. The first-order valence-corrected chi connectivity index (χ1v) is 6.19. The molecule has 3 aromatic rings. The molecule has 0 aliphatic rings. The molecule has 1 aromatic carbocycles. The second kappa shape index (κ2) is 4.31. The maximum Gasteiger partial charge on any atom is 0.273 e. The zero-order valence-electron chi connectivity index (χ0n) is 8.57. The molecule has 0 saturated carbocycles. The number of aromatic nitrogens is 3. The predicted octanol–water partition coefficient (Wildman–Crippen LogP) is 3.15. The quantitative estimate of drug-likeness (QED) is 0.720. The molecule has 4 nitrogen and oxygen atoms in total. The summed E-state index contributed by atoms with van der Waals surface area (Å²) in [5, 5.41) is 10.6. The van der Waals surface area contributed by atoms with Gasteiger partial charge in [0.1, 0.15) is 10.7 Å². The van der Waals surface area contributed by atoms with Crippen molar-refractivity contribution < 1.29 is 4.42 Å². The molecular formula is C11H7N3OS2. The highest BCUT2D eigenvalue weighted by atomic mass is 32.1. The average Bonchev–Trinajstić information content (AvgIpc) is 2.98. The SMILES string of the molecule is Sc1nnc(-c2csc(-c3ccccc3)n2)o1. The van der Waals surface area contributed by atoms with Gasteiger partial charge in [-0.1, -0.05) is 43.0 Å². The standard InChI is InChI=1S/C11H7N3OS2/c16-11-14-13-9(15-11)8-6-17-10(12-8)7-4-2-1-3-5-7/h1-6H,(H,14,16). The van der Waals surface area contributed by atoms with Gasteiger partial charge in [0.15, 0.2) is 0 Å². The van der Waals surface area contributed by atoms with Crippen LogP contribution in [0.1, 0.15) is 0 Å². The van der Waals surface area contributed by atoms with Crippen molar-refractivity contribution in [2.45, 2.75) is 5.22 Å². The van der Waals surface area contributed by atoms with Crippen LogP contribution < -0.4 is 0 Å². The van der Waals surface area contributed by atoms with Gasteiger partial charge in [0.05, 0.1) is 0 Å². The third-order valence-electron chi connectivity index (χ3n) is 2.16. The van der Waals surface area contributed by atoms with E-state index in [9.17, 15) is 0 Å². The number of hydrogen-bond donors (Lipinski definition) is 1. The number of hydrogen-bond acceptors (Lipinski definition) is 6. The molecular weight excluding hydrogens is 254 g/mol. The fourth-order valence-corrected chi connectivity index (χ4v) is 2.34. The molecule has 17 heavy (non-hydrogen) atoms. The van der Waals surface area contributed by atoms with Crippen LogP contribution in [0, 0.1) is 0 Å². The fourth-order valence-electron chi connectivity index (χ4n) is 1.40. The Hall–Kier alpha value is -1.66. The minimum absolute atomic E-state index is 0.245. The van der Waals surface area contributed by atoms with Crippen molar-refractivity contribution in [1.82, 2.24) is 15.2 Å². The molecule has 0 unspecified atom stereocenters. The van der Waals surface area contributed by atoms with Gasteiger partial charge in [-0.15, -0.1) is 21.5 Å². The van der Waals surface area contributed by atoms with E-state index in [0.29, 0.717) is 11.6 Å². The predicted molar refractivity (Wildman–Crippen MR) is 68.1 cm³/mol. The minimum atomic E-state index is 0.245. The van der Waals surface area contributed by atoms with Crippen LogP contribution in [0.3, 0.4) is 0 Å². The van der Waals surface area contributed by atoms with E-state index in [4.69, 9.17) is 4.42 Å². The van der Waals surface area contributed by atoms with Gasteiger partial charge >= 0.3 is 0 Å². The van der Waals surface area contributed by atoms with E-state index < -0.39 is 0 Å². The number of thiazole rings is 1. The first-order chi connectivity index (χ1) is 8.33. The van der Waals surface area contributed by atoms with Crippen LogP contribution in [0.25, 0.3) is 22.2 Å². The lowest BCUT2D eigenvalue weighted by Crippen LogP contribution is -1.79. The summed E-state index contributed by atoms with van der Waals surface area (Å²) in [6.45, 7) is 0. The molecule has 84 valence electrons. The molecule has 0 saturated heterocycles. The first-order valence-electron chi connectivity index (χ1n) is 4.87. The number of benzene rings is 1. The molecule has 0 N–H and O–H groups in total. The van der Waals surface area contributed by atoms with Gasteiger partial charge in [0.25, 0.3) is 11.1 Å². The van der Waals surface area contributed by atoms with Gasteiger partial charge in [-0.05, 0) is 0 Å². The molecule has 0 spiro atoms. The monoisotopic (exact) mass is 261 g/mol. The summed E-state index contributed by atoms with van der Waals surface area (Å²) in [7, 11) is 0. The molecule has 0 bridgehead atoms. The lowest BCUT2D eigenvalue weighted by atomic mass is 10.2. The second-order valence-corrected chi connectivity index (χ2v) is 4.53. The summed E-state index contributed by atoms with van der Waals surface area (Å²) in [5.74, 6) is 0.397. The van der Waals surface area contributed by atoms with Crippen LogP contribution in [0.5, 0.6) is 0 Å². The minimum Gasteiger partial charge on any atom is -0.410 e. The van der Waals surface area contributed by atoms with Crippen molar-refractivity contribution in [3.63, 3.8) is 0 Å². The van der Waals surface area contributed by atoms with Crippen molar-refractivity contribution in [1.29, 1.82) is 0 Å². The highest BCUT2D eigenvalue weighted by molar-refractivity contribution is 7.80. The second-order valence-electron chi connectivity index (χ2n) is 3.29. The van der Waals surface area contributed by atoms with Crippen molar-refractivity contribution in [3.05, 3.63) is 35.7 Å². The van der Waals surface area contributed by atoms with Crippen LogP contribution in [0.15, 0.2) is 45.4 Å². The summed E-state index contributed by atoms with van der Waals surface area (Å²) in [4.78, 5) is 4.45. The van der Waals surface area contributed by atoms with E-state index in [1.165, 1.54) is 0 Å². The lowest BCUT2D eigenvalue weighted by Gasteiger charge is -1.92. The Morgan fingerprint density at radius 2 is 1.94 bits per heavy atom. The number of nitrogens with zero attached hydrogens (tertiary/aromatic N) is 3. The smallest absolute Gasteiger partial charge is 0.273 e. The third kappa shape index (κ3) is 2.09. The topological polar surface area (TPSA) is 51.8 Å². The highest BCUT2D eigenvalue weighted by Crippen LogP contribution is 2.28. The molecule has 0 radical (unpaired) electrons. The Labute approximate surface area is 107 Å². The van der Waals surface area contributed by atoms with Crippen molar-refractivity contribution in [2.75, 3.05) is 0 Å². The average molecular weight is 261 g/mol. The molecule has 0 fully saturated rings. The number of thiol groups is 1. The summed E-state index contributed by atoms with van der Waals surface area (Å²) >= 11 is 5.51. The van der Waals surface area contributed by atoms with E-state index in [0.717, 1.165) is 10.6 Å².